The fourth-order valence-corrected chi connectivity index (χ4v) is 4.58. The summed E-state index contributed by atoms with van der Waals surface area (Å²) in [7, 11) is 5.96. The second kappa shape index (κ2) is 9.25. The Morgan fingerprint density at radius 2 is 1.95 bits per heavy atom. The maximum absolute atomic E-state index is 6.20. The summed E-state index contributed by atoms with van der Waals surface area (Å²) in [5, 5.41) is 13.7. The van der Waals surface area contributed by atoms with Crippen LogP contribution >= 0.6 is 0 Å². The minimum absolute atomic E-state index is 0.0603. The second-order valence-electron chi connectivity index (χ2n) is 9.53. The van der Waals surface area contributed by atoms with Gasteiger partial charge in [0.1, 0.15) is 22.9 Å². The van der Waals surface area contributed by atoms with Gasteiger partial charge in [-0.1, -0.05) is 0 Å². The Balaban J connectivity index is 1.47. The van der Waals surface area contributed by atoms with Crippen LogP contribution in [0, 0.1) is 0 Å². The van der Waals surface area contributed by atoms with Gasteiger partial charge in [-0.05, 0) is 44.8 Å². The van der Waals surface area contributed by atoms with Crippen LogP contribution in [0.15, 0.2) is 49.1 Å². The standard InChI is InChI=1S/C26H28N10O/c1-16-7-10-37-26-19(14-30-35(26)4)25-28-9-6-22(32-25)31-23-12-21-18(13-29-23)24(33-36(16)21)20-11-17(5-8-27-20)15-34(2)3/h5-6,8-9,11-14,16H,7,10,15H2,1-4H3,(H,28,29,31,32)/t16-/m0/s1. The van der Waals surface area contributed by atoms with Crippen LogP contribution in [0.25, 0.3) is 33.7 Å². The molecule has 188 valence electrons. The lowest BCUT2D eigenvalue weighted by Crippen LogP contribution is -2.13. The Morgan fingerprint density at radius 1 is 1.08 bits per heavy atom. The van der Waals surface area contributed by atoms with Crippen LogP contribution in [0.1, 0.15) is 24.9 Å². The van der Waals surface area contributed by atoms with Gasteiger partial charge in [-0.15, -0.1) is 0 Å². The number of ether oxygens (including phenoxy) is 1. The SMILES string of the molecule is C[C@H]1CCOc2c(cnn2C)-c2nccc(n2)Nc2cc3c(cn2)c(-c2cc(CN(C)C)ccn2)nn31. The second-order valence-corrected chi connectivity index (χ2v) is 9.53. The van der Waals surface area contributed by atoms with E-state index in [4.69, 9.17) is 14.8 Å². The van der Waals surface area contributed by atoms with Crippen molar-refractivity contribution in [1.29, 1.82) is 0 Å². The van der Waals surface area contributed by atoms with E-state index in [9.17, 15) is 0 Å². The van der Waals surface area contributed by atoms with Crippen molar-refractivity contribution in [3.8, 4) is 28.7 Å². The fraction of sp³-hybridized carbons (Fsp3) is 0.308. The summed E-state index contributed by atoms with van der Waals surface area (Å²) in [5.41, 5.74) is 4.52. The molecule has 1 atom stereocenters. The number of fused-ring (bicyclic) bond motifs is 5. The highest BCUT2D eigenvalue weighted by Crippen LogP contribution is 2.33. The molecule has 0 amide bonds. The topological polar surface area (TPSA) is 112 Å². The van der Waals surface area contributed by atoms with Crippen LogP contribution in [-0.2, 0) is 13.6 Å². The molecule has 5 aromatic heterocycles. The van der Waals surface area contributed by atoms with Crippen LogP contribution in [-0.4, -0.2) is 65.1 Å². The lowest BCUT2D eigenvalue weighted by molar-refractivity contribution is 0.260. The number of nitrogens with zero attached hydrogens (tertiary/aromatic N) is 9. The van der Waals surface area contributed by atoms with Gasteiger partial charge in [0, 0.05) is 50.1 Å². The van der Waals surface area contributed by atoms with Crippen LogP contribution in [0.5, 0.6) is 5.88 Å². The average molecular weight is 497 g/mol. The average Bonchev–Trinajstić information content (AvgIpc) is 3.44. The van der Waals surface area contributed by atoms with E-state index in [2.05, 4.69) is 57.4 Å². The molecule has 0 aliphatic carbocycles. The molecule has 0 saturated carbocycles. The van der Waals surface area contributed by atoms with E-state index >= 15 is 0 Å². The monoisotopic (exact) mass is 496 g/mol. The summed E-state index contributed by atoms with van der Waals surface area (Å²) < 4.78 is 9.94. The van der Waals surface area contributed by atoms with E-state index in [1.165, 1.54) is 5.56 Å². The third kappa shape index (κ3) is 4.38. The van der Waals surface area contributed by atoms with Crippen LogP contribution in [0.3, 0.4) is 0 Å². The first-order chi connectivity index (χ1) is 18.0. The van der Waals surface area contributed by atoms with E-state index in [0.717, 1.165) is 40.8 Å². The molecule has 4 bridgehead atoms. The zero-order valence-corrected chi connectivity index (χ0v) is 21.3. The number of anilines is 2. The van der Waals surface area contributed by atoms with Gasteiger partial charge in [0.2, 0.25) is 5.88 Å². The van der Waals surface area contributed by atoms with Crippen molar-refractivity contribution in [2.45, 2.75) is 25.9 Å². The molecule has 37 heavy (non-hydrogen) atoms. The molecular weight excluding hydrogens is 468 g/mol. The van der Waals surface area contributed by atoms with Crippen molar-refractivity contribution in [3.63, 3.8) is 0 Å². The quantitative estimate of drug-likeness (QED) is 0.398. The molecule has 11 heteroatoms. The molecule has 0 spiro atoms. The molecule has 6 heterocycles. The maximum Gasteiger partial charge on any atom is 0.222 e. The zero-order chi connectivity index (χ0) is 25.5. The molecule has 0 radical (unpaired) electrons. The molecule has 0 saturated heterocycles. The Hall–Kier alpha value is -4.38. The van der Waals surface area contributed by atoms with Gasteiger partial charge in [-0.2, -0.15) is 10.2 Å². The lowest BCUT2D eigenvalue weighted by Gasteiger charge is -2.16. The summed E-state index contributed by atoms with van der Waals surface area (Å²) >= 11 is 0. The molecule has 0 unspecified atom stereocenters. The molecule has 0 fully saturated rings. The molecular formula is C26H28N10O. The van der Waals surface area contributed by atoms with Gasteiger partial charge < -0.3 is 15.0 Å². The summed E-state index contributed by atoms with van der Waals surface area (Å²) in [5.74, 6) is 2.47. The van der Waals surface area contributed by atoms with E-state index < -0.39 is 0 Å². The number of hydrogen-bond acceptors (Lipinski definition) is 9. The van der Waals surface area contributed by atoms with Crippen molar-refractivity contribution in [2.24, 2.45) is 7.05 Å². The first kappa shape index (κ1) is 23.0. The van der Waals surface area contributed by atoms with Crippen LogP contribution in [0.4, 0.5) is 11.6 Å². The number of nitrogens with one attached hydrogen (secondary N) is 1. The number of aryl methyl sites for hydroxylation is 1. The minimum Gasteiger partial charge on any atom is -0.477 e. The van der Waals surface area contributed by atoms with Crippen molar-refractivity contribution in [3.05, 3.63) is 54.6 Å². The number of hydrogen-bond donors (Lipinski definition) is 1. The number of rotatable bonds is 3. The normalized spacial score (nSPS) is 15.3. The third-order valence-electron chi connectivity index (χ3n) is 6.39. The first-order valence-corrected chi connectivity index (χ1v) is 12.2. The van der Waals surface area contributed by atoms with Crippen molar-refractivity contribution < 1.29 is 4.74 Å². The van der Waals surface area contributed by atoms with Crippen LogP contribution < -0.4 is 10.1 Å². The van der Waals surface area contributed by atoms with E-state index in [-0.39, 0.29) is 6.04 Å². The minimum atomic E-state index is 0.0603. The first-order valence-electron chi connectivity index (χ1n) is 12.2. The molecule has 6 rings (SSSR count). The number of aromatic nitrogens is 8. The molecule has 1 aliphatic rings. The number of pyridine rings is 2. The molecule has 1 aliphatic heterocycles. The van der Waals surface area contributed by atoms with Gasteiger partial charge in [0.15, 0.2) is 5.82 Å². The fourth-order valence-electron chi connectivity index (χ4n) is 4.58. The largest absolute Gasteiger partial charge is 0.477 e. The van der Waals surface area contributed by atoms with Crippen molar-refractivity contribution in [1.82, 2.24) is 44.4 Å². The van der Waals surface area contributed by atoms with Gasteiger partial charge >= 0.3 is 0 Å². The Bertz CT molecular complexity index is 1590. The van der Waals surface area contributed by atoms with Gasteiger partial charge in [-0.25, -0.2) is 19.6 Å². The lowest BCUT2D eigenvalue weighted by atomic mass is 10.1. The molecule has 5 aromatic rings. The van der Waals surface area contributed by atoms with E-state index in [1.54, 1.807) is 17.1 Å². The molecule has 0 aromatic carbocycles. The Labute approximate surface area is 214 Å². The Kier molecular flexibility index (Phi) is 5.76. The molecule has 1 N–H and O–H groups in total. The van der Waals surface area contributed by atoms with Gasteiger partial charge in [0.25, 0.3) is 0 Å². The summed E-state index contributed by atoms with van der Waals surface area (Å²) in [6, 6.07) is 8.01. The van der Waals surface area contributed by atoms with Crippen molar-refractivity contribution in [2.75, 3.05) is 26.0 Å². The Morgan fingerprint density at radius 3 is 2.81 bits per heavy atom. The van der Waals surface area contributed by atoms with Crippen LogP contribution in [0.2, 0.25) is 0 Å². The molecule has 11 nitrogen and oxygen atoms in total. The van der Waals surface area contributed by atoms with Gasteiger partial charge in [-0.3, -0.25) is 9.67 Å². The maximum atomic E-state index is 6.20. The third-order valence-corrected chi connectivity index (χ3v) is 6.39. The van der Waals surface area contributed by atoms with Crippen molar-refractivity contribution >= 4 is 22.5 Å². The smallest absolute Gasteiger partial charge is 0.222 e. The highest BCUT2D eigenvalue weighted by Gasteiger charge is 2.21. The van der Waals surface area contributed by atoms with E-state index in [0.29, 0.717) is 29.9 Å². The van der Waals surface area contributed by atoms with E-state index in [1.807, 2.05) is 42.3 Å². The summed E-state index contributed by atoms with van der Waals surface area (Å²) in [6.07, 6.45) is 7.87. The predicted octanol–water partition coefficient (Wildman–Crippen LogP) is 3.83. The predicted molar refractivity (Wildman–Crippen MR) is 140 cm³/mol. The highest BCUT2D eigenvalue weighted by atomic mass is 16.5. The zero-order valence-electron chi connectivity index (χ0n) is 21.3. The van der Waals surface area contributed by atoms with Gasteiger partial charge in [0.05, 0.1) is 30.1 Å². The highest BCUT2D eigenvalue weighted by molar-refractivity contribution is 5.93. The summed E-state index contributed by atoms with van der Waals surface area (Å²) in [4.78, 5) is 20.6. The summed E-state index contributed by atoms with van der Waals surface area (Å²) in [6.45, 7) is 3.45.